The van der Waals surface area contributed by atoms with Gasteiger partial charge in [0.05, 0.1) is 27.0 Å². The number of rotatable bonds is 2. The largest absolute Gasteiger partial charge is 0.369 e. The maximum atomic E-state index is 12.5. The standard InChI is InChI=1S/C13H19NO2S/c1-8-14-7-10(17-8)11(15)9-6-12(2,3)16-13(9,4)5/h7,9H,6H2,1-5H3. The monoisotopic (exact) mass is 253 g/mol. The Bertz CT molecular complexity index is 448. The Balaban J connectivity index is 2.26. The van der Waals surface area contributed by atoms with Gasteiger partial charge in [-0.1, -0.05) is 0 Å². The predicted octanol–water partition coefficient (Wildman–Crippen LogP) is 3.23. The fraction of sp³-hybridized carbons (Fsp3) is 0.692. The van der Waals surface area contributed by atoms with Gasteiger partial charge in [-0.25, -0.2) is 4.98 Å². The van der Waals surface area contributed by atoms with E-state index in [0.29, 0.717) is 0 Å². The molecule has 1 aromatic heterocycles. The van der Waals surface area contributed by atoms with Crippen molar-refractivity contribution in [1.29, 1.82) is 0 Å². The Hall–Kier alpha value is -0.740. The predicted molar refractivity (Wildman–Crippen MR) is 68.5 cm³/mol. The van der Waals surface area contributed by atoms with Gasteiger partial charge >= 0.3 is 0 Å². The molecule has 0 radical (unpaired) electrons. The van der Waals surface area contributed by atoms with Crippen LogP contribution in [0.5, 0.6) is 0 Å². The molecule has 0 spiro atoms. The summed E-state index contributed by atoms with van der Waals surface area (Å²) in [7, 11) is 0. The van der Waals surface area contributed by atoms with Crippen molar-refractivity contribution in [2.24, 2.45) is 5.92 Å². The van der Waals surface area contributed by atoms with Crippen LogP contribution in [0.2, 0.25) is 0 Å². The van der Waals surface area contributed by atoms with Gasteiger partial charge in [0, 0.05) is 6.20 Å². The molecular weight excluding hydrogens is 234 g/mol. The quantitative estimate of drug-likeness (QED) is 0.760. The summed E-state index contributed by atoms with van der Waals surface area (Å²) in [6.45, 7) is 10.00. The Kier molecular flexibility index (Phi) is 2.91. The molecule has 0 aliphatic carbocycles. The SMILES string of the molecule is Cc1ncc(C(=O)C2CC(C)(C)OC2(C)C)s1. The molecule has 17 heavy (non-hydrogen) atoms. The first-order valence-electron chi connectivity index (χ1n) is 5.88. The lowest BCUT2D eigenvalue weighted by atomic mass is 9.84. The topological polar surface area (TPSA) is 39.2 Å². The number of aryl methyl sites for hydroxylation is 1. The van der Waals surface area contributed by atoms with Crippen LogP contribution in [-0.2, 0) is 4.74 Å². The van der Waals surface area contributed by atoms with Gasteiger partial charge in [-0.3, -0.25) is 4.79 Å². The third kappa shape index (κ3) is 2.43. The molecule has 0 bridgehead atoms. The number of hydrogen-bond acceptors (Lipinski definition) is 4. The number of carbonyl (C=O) groups excluding carboxylic acids is 1. The lowest BCUT2D eigenvalue weighted by Crippen LogP contribution is -2.33. The van der Waals surface area contributed by atoms with Crippen LogP contribution in [0.3, 0.4) is 0 Å². The molecule has 1 aliphatic heterocycles. The maximum Gasteiger partial charge on any atom is 0.180 e. The minimum absolute atomic E-state index is 0.0719. The summed E-state index contributed by atoms with van der Waals surface area (Å²) in [5, 5.41) is 0.935. The summed E-state index contributed by atoms with van der Waals surface area (Å²) in [4.78, 5) is 17.4. The number of ether oxygens (including phenoxy) is 1. The first-order chi connectivity index (χ1) is 7.71. The number of thiazole rings is 1. The molecule has 0 N–H and O–H groups in total. The normalized spacial score (nSPS) is 26.1. The summed E-state index contributed by atoms with van der Waals surface area (Å²) in [6.07, 6.45) is 2.46. The molecule has 2 rings (SSSR count). The second-order valence-corrected chi connectivity index (χ2v) is 7.06. The highest BCUT2D eigenvalue weighted by Crippen LogP contribution is 2.43. The van der Waals surface area contributed by atoms with E-state index in [1.807, 2.05) is 34.6 Å². The number of Topliss-reactive ketones (excluding diaryl/α,β-unsaturated/α-hetero) is 1. The molecule has 1 saturated heterocycles. The molecule has 4 heteroatoms. The van der Waals surface area contributed by atoms with Crippen molar-refractivity contribution in [3.8, 4) is 0 Å². The van der Waals surface area contributed by atoms with E-state index in [9.17, 15) is 4.79 Å². The average molecular weight is 253 g/mol. The number of hydrogen-bond donors (Lipinski definition) is 0. The Morgan fingerprint density at radius 2 is 2.12 bits per heavy atom. The molecule has 3 nitrogen and oxygen atoms in total. The van der Waals surface area contributed by atoms with Crippen molar-refractivity contribution in [1.82, 2.24) is 4.98 Å². The van der Waals surface area contributed by atoms with Crippen molar-refractivity contribution in [2.45, 2.75) is 52.2 Å². The van der Waals surface area contributed by atoms with Crippen LogP contribution < -0.4 is 0 Å². The van der Waals surface area contributed by atoms with Gasteiger partial charge in [0.1, 0.15) is 0 Å². The van der Waals surface area contributed by atoms with Gasteiger partial charge in [0.25, 0.3) is 0 Å². The average Bonchev–Trinajstić information content (AvgIpc) is 2.66. The minimum atomic E-state index is -0.390. The zero-order chi connectivity index (χ0) is 12.8. The van der Waals surface area contributed by atoms with E-state index in [0.717, 1.165) is 16.3 Å². The molecule has 94 valence electrons. The van der Waals surface area contributed by atoms with Crippen molar-refractivity contribution in [2.75, 3.05) is 0 Å². The molecule has 2 heterocycles. The van der Waals surface area contributed by atoms with E-state index in [-0.39, 0.29) is 17.3 Å². The highest BCUT2D eigenvalue weighted by Gasteiger charge is 2.49. The van der Waals surface area contributed by atoms with Gasteiger partial charge in [-0.2, -0.15) is 0 Å². The highest BCUT2D eigenvalue weighted by molar-refractivity contribution is 7.13. The second kappa shape index (κ2) is 3.89. The lowest BCUT2D eigenvalue weighted by molar-refractivity contribution is -0.0712. The summed E-state index contributed by atoms with van der Waals surface area (Å²) < 4.78 is 5.96. The van der Waals surface area contributed by atoms with Crippen molar-refractivity contribution < 1.29 is 9.53 Å². The number of ketones is 1. The van der Waals surface area contributed by atoms with Crippen molar-refractivity contribution in [3.05, 3.63) is 16.1 Å². The Labute approximate surface area is 106 Å². The van der Waals surface area contributed by atoms with Crippen LogP contribution in [0.4, 0.5) is 0 Å². The highest BCUT2D eigenvalue weighted by atomic mass is 32.1. The number of carbonyl (C=O) groups is 1. The number of nitrogens with zero attached hydrogens (tertiary/aromatic N) is 1. The van der Waals surface area contributed by atoms with E-state index in [1.165, 1.54) is 11.3 Å². The lowest BCUT2D eigenvalue weighted by Gasteiger charge is -2.26. The molecule has 0 saturated carbocycles. The zero-order valence-corrected chi connectivity index (χ0v) is 11.9. The van der Waals surface area contributed by atoms with Gasteiger partial charge in [-0.15, -0.1) is 11.3 Å². The van der Waals surface area contributed by atoms with Gasteiger partial charge < -0.3 is 4.74 Å². The molecule has 1 unspecified atom stereocenters. The molecule has 1 aliphatic rings. The molecular formula is C13H19NO2S. The fourth-order valence-electron chi connectivity index (χ4n) is 2.62. The first-order valence-corrected chi connectivity index (χ1v) is 6.70. The Morgan fingerprint density at radius 1 is 1.47 bits per heavy atom. The second-order valence-electron chi connectivity index (χ2n) is 5.83. The van der Waals surface area contributed by atoms with E-state index < -0.39 is 5.60 Å². The van der Waals surface area contributed by atoms with Gasteiger partial charge in [0.2, 0.25) is 0 Å². The van der Waals surface area contributed by atoms with Crippen LogP contribution in [-0.4, -0.2) is 22.0 Å². The van der Waals surface area contributed by atoms with Crippen LogP contribution in [0.15, 0.2) is 6.20 Å². The summed E-state index contributed by atoms with van der Waals surface area (Å²) in [6, 6.07) is 0. The summed E-state index contributed by atoms with van der Waals surface area (Å²) >= 11 is 1.47. The third-order valence-corrected chi connectivity index (χ3v) is 4.18. The smallest absolute Gasteiger partial charge is 0.180 e. The van der Waals surface area contributed by atoms with Crippen LogP contribution in [0, 0.1) is 12.8 Å². The zero-order valence-electron chi connectivity index (χ0n) is 11.0. The Morgan fingerprint density at radius 3 is 2.53 bits per heavy atom. The minimum Gasteiger partial charge on any atom is -0.369 e. The van der Waals surface area contributed by atoms with Crippen LogP contribution in [0.25, 0.3) is 0 Å². The molecule has 1 fully saturated rings. The summed E-state index contributed by atoms with van der Waals surface area (Å²) in [5.41, 5.74) is -0.609. The third-order valence-electron chi connectivity index (χ3n) is 3.25. The van der Waals surface area contributed by atoms with E-state index in [1.54, 1.807) is 6.20 Å². The summed E-state index contributed by atoms with van der Waals surface area (Å²) in [5.74, 6) is 0.100. The van der Waals surface area contributed by atoms with Crippen LogP contribution in [0.1, 0.15) is 48.8 Å². The fourth-order valence-corrected chi connectivity index (χ4v) is 3.39. The van der Waals surface area contributed by atoms with Crippen molar-refractivity contribution >= 4 is 17.1 Å². The van der Waals surface area contributed by atoms with E-state index >= 15 is 0 Å². The maximum absolute atomic E-state index is 12.5. The molecule has 1 atom stereocenters. The van der Waals surface area contributed by atoms with E-state index in [2.05, 4.69) is 4.98 Å². The first kappa shape index (κ1) is 12.7. The van der Waals surface area contributed by atoms with Crippen LogP contribution >= 0.6 is 11.3 Å². The van der Waals surface area contributed by atoms with Gasteiger partial charge in [0.15, 0.2) is 5.78 Å². The van der Waals surface area contributed by atoms with E-state index in [4.69, 9.17) is 4.74 Å². The molecule has 1 aromatic rings. The van der Waals surface area contributed by atoms with Gasteiger partial charge in [-0.05, 0) is 41.0 Å². The molecule has 0 aromatic carbocycles. The number of aromatic nitrogens is 1. The molecule has 0 amide bonds. The van der Waals surface area contributed by atoms with Crippen molar-refractivity contribution in [3.63, 3.8) is 0 Å².